The maximum Gasteiger partial charge on any atom is 0.325 e. The first-order valence-electron chi connectivity index (χ1n) is 9.93. The molecule has 1 unspecified atom stereocenters. The summed E-state index contributed by atoms with van der Waals surface area (Å²) in [6.45, 7) is 5.32. The molecule has 0 aliphatic rings. The Balaban J connectivity index is 1.95. The molecule has 0 bridgehead atoms. The minimum Gasteiger partial charge on any atom is -0.459 e. The molecule has 0 heterocycles. The van der Waals surface area contributed by atoms with Crippen molar-refractivity contribution in [1.82, 2.24) is 0 Å². The van der Waals surface area contributed by atoms with E-state index in [2.05, 4.69) is 0 Å². The number of ether oxygens (including phenoxy) is 2. The van der Waals surface area contributed by atoms with Gasteiger partial charge in [-0.15, -0.1) is 0 Å². The summed E-state index contributed by atoms with van der Waals surface area (Å²) in [5.41, 5.74) is 1.47. The molecule has 0 N–H and O–H groups in total. The Hall–Kier alpha value is -3.40. The third kappa shape index (κ3) is 5.57. The summed E-state index contributed by atoms with van der Waals surface area (Å²) in [5.74, 6) is -2.44. The number of benzene rings is 3. The molecule has 0 saturated heterocycles. The number of hydrogen-bond acceptors (Lipinski definition) is 4. The minimum atomic E-state index is -1.17. The highest BCUT2D eigenvalue weighted by atomic mass is 16.6. The molecule has 0 aromatic heterocycles. The van der Waals surface area contributed by atoms with Gasteiger partial charge in [-0.3, -0.25) is 9.59 Å². The van der Waals surface area contributed by atoms with Crippen LogP contribution in [0.3, 0.4) is 0 Å². The Labute approximate surface area is 177 Å². The van der Waals surface area contributed by atoms with Crippen LogP contribution in [0.5, 0.6) is 0 Å². The SMILES string of the molecule is CC(C)(C)OC(=O)C(C(=O)OC(c1ccccc1)c1ccccc1)c1ccccc1. The standard InChI is InChI=1S/C26H26O4/c1-26(2,3)30-25(28)22(19-13-7-4-8-14-19)24(27)29-23(20-15-9-5-10-16-20)21-17-11-6-12-18-21/h4-18,22-23H,1-3H3. The van der Waals surface area contributed by atoms with E-state index in [-0.39, 0.29) is 0 Å². The quantitative estimate of drug-likeness (QED) is 0.407. The van der Waals surface area contributed by atoms with Gasteiger partial charge in [0, 0.05) is 0 Å². The lowest BCUT2D eigenvalue weighted by Crippen LogP contribution is -2.33. The van der Waals surface area contributed by atoms with E-state index in [4.69, 9.17) is 9.47 Å². The molecule has 0 spiro atoms. The van der Waals surface area contributed by atoms with Gasteiger partial charge in [0.1, 0.15) is 5.60 Å². The van der Waals surface area contributed by atoms with Crippen LogP contribution in [0.1, 0.15) is 49.5 Å². The Bertz CT molecular complexity index is 921. The zero-order chi connectivity index (χ0) is 21.6. The Morgan fingerprint density at radius 3 is 1.43 bits per heavy atom. The second-order valence-electron chi connectivity index (χ2n) is 8.02. The van der Waals surface area contributed by atoms with Gasteiger partial charge in [-0.05, 0) is 37.5 Å². The van der Waals surface area contributed by atoms with Crippen LogP contribution in [-0.2, 0) is 19.1 Å². The molecule has 3 aromatic rings. The van der Waals surface area contributed by atoms with E-state index in [1.54, 1.807) is 45.0 Å². The molecule has 0 aliphatic heterocycles. The fraction of sp³-hybridized carbons (Fsp3) is 0.231. The lowest BCUT2D eigenvalue weighted by atomic mass is 9.97. The van der Waals surface area contributed by atoms with Crippen molar-refractivity contribution in [3.63, 3.8) is 0 Å². The Morgan fingerprint density at radius 2 is 1.03 bits per heavy atom. The van der Waals surface area contributed by atoms with Gasteiger partial charge in [0.25, 0.3) is 0 Å². The molecule has 0 amide bonds. The van der Waals surface area contributed by atoms with Crippen LogP contribution in [0.2, 0.25) is 0 Å². The molecule has 1 atom stereocenters. The van der Waals surface area contributed by atoms with Crippen molar-refractivity contribution in [2.24, 2.45) is 0 Å². The van der Waals surface area contributed by atoms with Crippen molar-refractivity contribution in [3.8, 4) is 0 Å². The third-order valence-electron chi connectivity index (χ3n) is 4.45. The molecule has 154 valence electrons. The van der Waals surface area contributed by atoms with Gasteiger partial charge < -0.3 is 9.47 Å². The lowest BCUT2D eigenvalue weighted by molar-refractivity contribution is -0.166. The van der Waals surface area contributed by atoms with Gasteiger partial charge in [-0.1, -0.05) is 91.0 Å². The van der Waals surface area contributed by atoms with E-state index in [1.165, 1.54) is 0 Å². The summed E-state index contributed by atoms with van der Waals surface area (Å²) in [6.07, 6.45) is -0.631. The Kier molecular flexibility index (Phi) is 6.68. The molecule has 3 rings (SSSR count). The van der Waals surface area contributed by atoms with Gasteiger partial charge in [0.2, 0.25) is 0 Å². The molecule has 30 heavy (non-hydrogen) atoms. The van der Waals surface area contributed by atoms with Crippen LogP contribution in [0.25, 0.3) is 0 Å². The summed E-state index contributed by atoms with van der Waals surface area (Å²) in [4.78, 5) is 26.2. The monoisotopic (exact) mass is 402 g/mol. The molecule has 0 radical (unpaired) electrons. The van der Waals surface area contributed by atoms with Gasteiger partial charge in [0.15, 0.2) is 12.0 Å². The van der Waals surface area contributed by atoms with Crippen LogP contribution < -0.4 is 0 Å². The summed E-state index contributed by atoms with van der Waals surface area (Å²) in [7, 11) is 0. The van der Waals surface area contributed by atoms with Gasteiger partial charge in [-0.2, -0.15) is 0 Å². The number of rotatable bonds is 6. The topological polar surface area (TPSA) is 52.6 Å². The van der Waals surface area contributed by atoms with Crippen molar-refractivity contribution in [1.29, 1.82) is 0 Å². The number of esters is 2. The van der Waals surface area contributed by atoms with Crippen LogP contribution >= 0.6 is 0 Å². The second kappa shape index (κ2) is 9.40. The first-order valence-corrected chi connectivity index (χ1v) is 9.93. The summed E-state index contributed by atoms with van der Waals surface area (Å²) in [5, 5.41) is 0. The van der Waals surface area contributed by atoms with E-state index in [9.17, 15) is 9.59 Å². The predicted octanol–water partition coefficient (Wildman–Crippen LogP) is 5.44. The normalized spacial score (nSPS) is 12.3. The molecule has 4 heteroatoms. The lowest BCUT2D eigenvalue weighted by Gasteiger charge is -2.25. The minimum absolute atomic E-state index is 0.539. The zero-order valence-electron chi connectivity index (χ0n) is 17.4. The molecule has 0 saturated carbocycles. The van der Waals surface area contributed by atoms with Crippen LogP contribution in [0, 0.1) is 0 Å². The number of hydrogen-bond donors (Lipinski definition) is 0. The smallest absolute Gasteiger partial charge is 0.325 e. The average molecular weight is 402 g/mol. The first kappa shape index (κ1) is 21.3. The number of carbonyl (C=O) groups is 2. The molecular weight excluding hydrogens is 376 g/mol. The van der Waals surface area contributed by atoms with Gasteiger partial charge >= 0.3 is 11.9 Å². The molecule has 0 aliphatic carbocycles. The van der Waals surface area contributed by atoms with Crippen LogP contribution in [0.4, 0.5) is 0 Å². The van der Waals surface area contributed by atoms with Crippen molar-refractivity contribution in [2.45, 2.75) is 38.4 Å². The van der Waals surface area contributed by atoms with Crippen molar-refractivity contribution >= 4 is 11.9 Å². The van der Waals surface area contributed by atoms with Crippen molar-refractivity contribution < 1.29 is 19.1 Å². The molecular formula is C26H26O4. The second-order valence-corrected chi connectivity index (χ2v) is 8.02. The summed E-state index contributed by atoms with van der Waals surface area (Å²) < 4.78 is 11.5. The maximum atomic E-state index is 13.3. The van der Waals surface area contributed by atoms with E-state index < -0.39 is 29.6 Å². The van der Waals surface area contributed by atoms with Crippen LogP contribution in [0.15, 0.2) is 91.0 Å². The fourth-order valence-electron chi connectivity index (χ4n) is 3.14. The summed E-state index contributed by atoms with van der Waals surface area (Å²) in [6, 6.07) is 27.8. The fourth-order valence-corrected chi connectivity index (χ4v) is 3.14. The number of carbonyl (C=O) groups excluding carboxylic acids is 2. The first-order chi connectivity index (χ1) is 14.3. The third-order valence-corrected chi connectivity index (χ3v) is 4.45. The Morgan fingerprint density at radius 1 is 0.633 bits per heavy atom. The van der Waals surface area contributed by atoms with Crippen molar-refractivity contribution in [2.75, 3.05) is 0 Å². The van der Waals surface area contributed by atoms with E-state index in [0.717, 1.165) is 11.1 Å². The zero-order valence-corrected chi connectivity index (χ0v) is 17.4. The molecule has 3 aromatic carbocycles. The van der Waals surface area contributed by atoms with Crippen molar-refractivity contribution in [3.05, 3.63) is 108 Å². The van der Waals surface area contributed by atoms with Gasteiger partial charge in [-0.25, -0.2) is 0 Å². The van der Waals surface area contributed by atoms with Crippen LogP contribution in [-0.4, -0.2) is 17.5 Å². The highest BCUT2D eigenvalue weighted by Gasteiger charge is 2.36. The van der Waals surface area contributed by atoms with E-state index in [0.29, 0.717) is 5.56 Å². The predicted molar refractivity (Wildman–Crippen MR) is 116 cm³/mol. The summed E-state index contributed by atoms with van der Waals surface area (Å²) >= 11 is 0. The highest BCUT2D eigenvalue weighted by Crippen LogP contribution is 2.30. The molecule has 0 fully saturated rings. The molecule has 4 nitrogen and oxygen atoms in total. The highest BCUT2D eigenvalue weighted by molar-refractivity contribution is 6.01. The maximum absolute atomic E-state index is 13.3. The average Bonchev–Trinajstić information content (AvgIpc) is 2.73. The van der Waals surface area contributed by atoms with E-state index >= 15 is 0 Å². The van der Waals surface area contributed by atoms with E-state index in [1.807, 2.05) is 66.7 Å². The largest absolute Gasteiger partial charge is 0.459 e. The van der Waals surface area contributed by atoms with Gasteiger partial charge in [0.05, 0.1) is 0 Å².